The monoisotopic (exact) mass is 367 g/mol. The van der Waals surface area contributed by atoms with Crippen LogP contribution < -0.4 is 10.9 Å². The molecule has 2 atom stereocenters. The minimum atomic E-state index is -0.112. The first-order valence-corrected chi connectivity index (χ1v) is 10.1. The van der Waals surface area contributed by atoms with Gasteiger partial charge in [0.2, 0.25) is 0 Å². The van der Waals surface area contributed by atoms with Crippen LogP contribution in [0.2, 0.25) is 0 Å². The van der Waals surface area contributed by atoms with Gasteiger partial charge in [0, 0.05) is 17.3 Å². The summed E-state index contributed by atoms with van der Waals surface area (Å²) in [7, 11) is 0. The fraction of sp³-hybridized carbons (Fsp3) is 0.600. The van der Waals surface area contributed by atoms with Crippen molar-refractivity contribution >= 4 is 5.82 Å². The zero-order valence-electron chi connectivity index (χ0n) is 15.5. The highest BCUT2D eigenvalue weighted by Gasteiger charge is 2.33. The molecule has 5 rings (SSSR count). The van der Waals surface area contributed by atoms with Crippen LogP contribution in [-0.4, -0.2) is 39.0 Å². The second kappa shape index (κ2) is 7.03. The third-order valence-corrected chi connectivity index (χ3v) is 6.04. The number of aryl methyl sites for hydroxylation is 3. The fourth-order valence-electron chi connectivity index (χ4n) is 4.56. The average molecular weight is 367 g/mol. The molecule has 0 spiro atoms. The van der Waals surface area contributed by atoms with Crippen LogP contribution >= 0.6 is 0 Å². The molecule has 2 aromatic rings. The number of ether oxygens (including phenoxy) is 1. The second-order valence-corrected chi connectivity index (χ2v) is 7.82. The van der Waals surface area contributed by atoms with E-state index in [1.807, 2.05) is 0 Å². The van der Waals surface area contributed by atoms with Crippen LogP contribution in [0.5, 0.6) is 0 Å². The van der Waals surface area contributed by atoms with Crippen LogP contribution in [0.4, 0.5) is 5.82 Å². The van der Waals surface area contributed by atoms with Crippen LogP contribution in [0.25, 0.3) is 0 Å². The molecule has 0 radical (unpaired) electrons. The number of fused-ring (bicyclic) bond motifs is 2. The third kappa shape index (κ3) is 3.14. The Morgan fingerprint density at radius 1 is 1.00 bits per heavy atom. The maximum atomic E-state index is 12.7. The molecular weight excluding hydrogens is 342 g/mol. The predicted molar refractivity (Wildman–Crippen MR) is 101 cm³/mol. The number of aromatic nitrogens is 4. The van der Waals surface area contributed by atoms with Crippen LogP contribution in [-0.2, 0) is 30.4 Å². The van der Waals surface area contributed by atoms with E-state index in [-0.39, 0.29) is 17.6 Å². The predicted octanol–water partition coefficient (Wildman–Crippen LogP) is 1.84. The van der Waals surface area contributed by atoms with Gasteiger partial charge >= 0.3 is 0 Å². The molecule has 3 heterocycles. The van der Waals surface area contributed by atoms with E-state index >= 15 is 0 Å². The van der Waals surface area contributed by atoms with Crippen LogP contribution in [0.15, 0.2) is 17.2 Å². The van der Waals surface area contributed by atoms with E-state index in [1.165, 1.54) is 18.4 Å². The van der Waals surface area contributed by atoms with Crippen molar-refractivity contribution in [2.45, 2.75) is 63.5 Å². The molecule has 3 aliphatic rings. The zero-order chi connectivity index (χ0) is 18.2. The van der Waals surface area contributed by atoms with Gasteiger partial charge in [-0.2, -0.15) is 5.10 Å². The maximum absolute atomic E-state index is 12.7. The van der Waals surface area contributed by atoms with Gasteiger partial charge in [-0.25, -0.2) is 14.6 Å². The van der Waals surface area contributed by atoms with Gasteiger partial charge in [-0.1, -0.05) is 0 Å². The molecule has 2 unspecified atom stereocenters. The number of hydrogen-bond acceptors (Lipinski definition) is 6. The SMILES string of the molecule is O=c1cc2c(nn1C1COCC1Nc1ncnc3c1CCCC3)CCCC2. The Labute approximate surface area is 158 Å². The molecule has 1 aliphatic heterocycles. The first-order chi connectivity index (χ1) is 13.3. The topological polar surface area (TPSA) is 81.9 Å². The highest BCUT2D eigenvalue weighted by atomic mass is 16.5. The standard InChI is InChI=1S/C20H25N5O2/c26-19-9-13-5-1-3-7-15(13)24-25(19)18-11-27-10-17(18)23-20-14-6-2-4-8-16(14)21-12-22-20/h9,12,17-18H,1-8,10-11H2,(H,21,22,23). The van der Waals surface area contributed by atoms with E-state index in [0.29, 0.717) is 13.2 Å². The first-order valence-electron chi connectivity index (χ1n) is 10.1. The molecule has 0 bridgehead atoms. The third-order valence-electron chi connectivity index (χ3n) is 6.04. The highest BCUT2D eigenvalue weighted by molar-refractivity contribution is 5.48. The summed E-state index contributed by atoms with van der Waals surface area (Å²) in [6.45, 7) is 1.05. The summed E-state index contributed by atoms with van der Waals surface area (Å²) in [5.74, 6) is 0.895. The van der Waals surface area contributed by atoms with Gasteiger partial charge in [-0.15, -0.1) is 0 Å². The van der Waals surface area contributed by atoms with Crippen molar-refractivity contribution in [3.8, 4) is 0 Å². The normalized spacial score (nSPS) is 24.3. The van der Waals surface area contributed by atoms with Crippen LogP contribution in [0, 0.1) is 0 Å². The number of nitrogens with zero attached hydrogens (tertiary/aromatic N) is 4. The molecule has 1 N–H and O–H groups in total. The second-order valence-electron chi connectivity index (χ2n) is 7.82. The van der Waals surface area contributed by atoms with Crippen molar-refractivity contribution in [1.29, 1.82) is 0 Å². The van der Waals surface area contributed by atoms with E-state index in [4.69, 9.17) is 9.84 Å². The zero-order valence-corrected chi connectivity index (χ0v) is 15.5. The van der Waals surface area contributed by atoms with Gasteiger partial charge in [0.25, 0.3) is 5.56 Å². The van der Waals surface area contributed by atoms with Crippen molar-refractivity contribution in [1.82, 2.24) is 19.7 Å². The summed E-state index contributed by atoms with van der Waals surface area (Å²) in [4.78, 5) is 21.6. The van der Waals surface area contributed by atoms with Gasteiger partial charge in [-0.05, 0) is 56.9 Å². The van der Waals surface area contributed by atoms with E-state index < -0.39 is 0 Å². The lowest BCUT2D eigenvalue weighted by atomic mass is 9.96. The number of rotatable bonds is 3. The van der Waals surface area contributed by atoms with E-state index in [1.54, 1.807) is 17.1 Å². The Morgan fingerprint density at radius 2 is 1.81 bits per heavy atom. The smallest absolute Gasteiger partial charge is 0.267 e. The molecule has 7 heteroatoms. The van der Waals surface area contributed by atoms with Crippen molar-refractivity contribution in [3.05, 3.63) is 45.3 Å². The Morgan fingerprint density at radius 3 is 2.74 bits per heavy atom. The Balaban J connectivity index is 1.44. The summed E-state index contributed by atoms with van der Waals surface area (Å²) in [6, 6.07) is 1.65. The van der Waals surface area contributed by atoms with Gasteiger partial charge in [0.1, 0.15) is 18.2 Å². The fourth-order valence-corrected chi connectivity index (χ4v) is 4.56. The summed E-state index contributed by atoms with van der Waals surface area (Å²) < 4.78 is 7.38. The lowest BCUT2D eigenvalue weighted by Gasteiger charge is -2.25. The van der Waals surface area contributed by atoms with Crippen molar-refractivity contribution < 1.29 is 4.74 Å². The minimum absolute atomic E-state index is 0.0160. The Hall–Kier alpha value is -2.28. The Bertz CT molecular complexity index is 910. The first kappa shape index (κ1) is 16.9. The largest absolute Gasteiger partial charge is 0.377 e. The minimum Gasteiger partial charge on any atom is -0.377 e. The average Bonchev–Trinajstić information content (AvgIpc) is 3.15. The summed E-state index contributed by atoms with van der Waals surface area (Å²) in [5, 5.41) is 8.27. The van der Waals surface area contributed by atoms with E-state index in [2.05, 4.69) is 15.3 Å². The molecule has 0 amide bonds. The molecule has 0 aromatic carbocycles. The lowest BCUT2D eigenvalue weighted by Crippen LogP contribution is -2.38. The van der Waals surface area contributed by atoms with Crippen molar-refractivity contribution in [2.75, 3.05) is 18.5 Å². The molecule has 2 aromatic heterocycles. The van der Waals surface area contributed by atoms with Gasteiger partial charge < -0.3 is 10.1 Å². The van der Waals surface area contributed by atoms with E-state index in [9.17, 15) is 4.79 Å². The molecule has 2 aliphatic carbocycles. The maximum Gasteiger partial charge on any atom is 0.267 e. The number of anilines is 1. The Kier molecular flexibility index (Phi) is 4.39. The summed E-state index contributed by atoms with van der Waals surface area (Å²) in [6.07, 6.45) is 10.2. The summed E-state index contributed by atoms with van der Waals surface area (Å²) >= 11 is 0. The lowest BCUT2D eigenvalue weighted by molar-refractivity contribution is 0.182. The highest BCUT2D eigenvalue weighted by Crippen LogP contribution is 2.28. The quantitative estimate of drug-likeness (QED) is 0.891. The molecular formula is C20H25N5O2. The van der Waals surface area contributed by atoms with Crippen molar-refractivity contribution in [2.24, 2.45) is 0 Å². The van der Waals surface area contributed by atoms with E-state index in [0.717, 1.165) is 61.3 Å². The molecule has 0 saturated carbocycles. The number of hydrogen-bond donors (Lipinski definition) is 1. The molecule has 1 saturated heterocycles. The molecule has 7 nitrogen and oxygen atoms in total. The molecule has 27 heavy (non-hydrogen) atoms. The van der Waals surface area contributed by atoms with Crippen LogP contribution in [0.3, 0.4) is 0 Å². The van der Waals surface area contributed by atoms with Crippen LogP contribution in [0.1, 0.15) is 54.2 Å². The number of nitrogens with one attached hydrogen (secondary N) is 1. The van der Waals surface area contributed by atoms with Gasteiger partial charge in [-0.3, -0.25) is 4.79 Å². The van der Waals surface area contributed by atoms with Gasteiger partial charge in [0.05, 0.1) is 24.9 Å². The summed E-state index contributed by atoms with van der Waals surface area (Å²) in [5.41, 5.74) is 4.54. The van der Waals surface area contributed by atoms with Crippen molar-refractivity contribution in [3.63, 3.8) is 0 Å². The van der Waals surface area contributed by atoms with Gasteiger partial charge in [0.15, 0.2) is 0 Å². The molecule has 1 fully saturated rings. The molecule has 142 valence electrons.